The Labute approximate surface area is 146 Å². The molecule has 0 aliphatic carbocycles. The van der Waals surface area contributed by atoms with Crippen LogP contribution in [0.2, 0.25) is 0 Å². The van der Waals surface area contributed by atoms with Crippen LogP contribution in [0.5, 0.6) is 0 Å². The maximum Gasteiger partial charge on any atom is 0.193 e. The molecule has 1 aliphatic heterocycles. The molecule has 1 unspecified atom stereocenters. The summed E-state index contributed by atoms with van der Waals surface area (Å²) in [7, 11) is 3.92. The zero-order valence-electron chi connectivity index (χ0n) is 13.8. The maximum absolute atomic E-state index is 5.55. The Morgan fingerprint density at radius 3 is 2.76 bits per heavy atom. The number of ether oxygens (including phenoxy) is 2. The van der Waals surface area contributed by atoms with Gasteiger partial charge in [0.15, 0.2) is 5.96 Å². The number of unbranched alkanes of at least 4 members (excludes halogenated alkanes) is 1. The first kappa shape index (κ1) is 20.9. The highest BCUT2D eigenvalue weighted by Crippen LogP contribution is 2.13. The molecule has 0 radical (unpaired) electrons. The van der Waals surface area contributed by atoms with Gasteiger partial charge in [-0.05, 0) is 19.3 Å². The van der Waals surface area contributed by atoms with Crippen LogP contribution in [0.3, 0.4) is 0 Å². The van der Waals surface area contributed by atoms with Gasteiger partial charge in [-0.1, -0.05) is 13.3 Å². The summed E-state index contributed by atoms with van der Waals surface area (Å²) < 4.78 is 11.0. The predicted molar refractivity (Wildman–Crippen MR) is 98.7 cm³/mol. The number of rotatable bonds is 9. The Morgan fingerprint density at radius 2 is 2.14 bits per heavy atom. The van der Waals surface area contributed by atoms with Crippen LogP contribution in [0.4, 0.5) is 0 Å². The number of nitrogens with one attached hydrogen (secondary N) is 1. The second kappa shape index (κ2) is 13.6. The second-order valence-corrected chi connectivity index (χ2v) is 5.40. The van der Waals surface area contributed by atoms with E-state index in [2.05, 4.69) is 29.2 Å². The van der Waals surface area contributed by atoms with Gasteiger partial charge in [0.1, 0.15) is 0 Å². The Kier molecular flexibility index (Phi) is 13.5. The first-order chi connectivity index (χ1) is 9.77. The van der Waals surface area contributed by atoms with Crippen molar-refractivity contribution in [1.82, 2.24) is 10.2 Å². The molecule has 0 saturated carbocycles. The molecular formula is C15H32IN3O2. The van der Waals surface area contributed by atoms with Crippen LogP contribution in [0.1, 0.15) is 32.6 Å². The summed E-state index contributed by atoms with van der Waals surface area (Å²) in [5.41, 5.74) is 0. The van der Waals surface area contributed by atoms with Crippen molar-refractivity contribution >= 4 is 29.9 Å². The molecule has 1 fully saturated rings. The molecule has 0 bridgehead atoms. The van der Waals surface area contributed by atoms with Crippen molar-refractivity contribution in [2.24, 2.45) is 10.9 Å². The van der Waals surface area contributed by atoms with Gasteiger partial charge in [-0.15, -0.1) is 24.0 Å². The highest BCUT2D eigenvalue weighted by molar-refractivity contribution is 14.0. The van der Waals surface area contributed by atoms with Crippen molar-refractivity contribution in [2.75, 3.05) is 53.6 Å². The number of guanidine groups is 1. The highest BCUT2D eigenvalue weighted by atomic mass is 127. The number of nitrogens with zero attached hydrogens (tertiary/aromatic N) is 2. The summed E-state index contributed by atoms with van der Waals surface area (Å²) >= 11 is 0. The smallest absolute Gasteiger partial charge is 0.193 e. The van der Waals surface area contributed by atoms with E-state index in [9.17, 15) is 0 Å². The number of hydrogen-bond donors (Lipinski definition) is 1. The van der Waals surface area contributed by atoms with Gasteiger partial charge in [-0.2, -0.15) is 0 Å². The third-order valence-corrected chi connectivity index (χ3v) is 3.52. The summed E-state index contributed by atoms with van der Waals surface area (Å²) in [5.74, 6) is 1.60. The molecule has 1 N–H and O–H groups in total. The molecule has 1 heterocycles. The van der Waals surface area contributed by atoms with Crippen LogP contribution in [0, 0.1) is 5.92 Å². The molecule has 1 aliphatic rings. The standard InChI is InChI=1S/C15H31N3O2.HI/c1-4-5-9-19-10-6-8-17-15(16-2)18(3)12-14-7-11-20-13-14;/h14H,4-13H2,1-3H3,(H,16,17);1H. The lowest BCUT2D eigenvalue weighted by molar-refractivity contribution is 0.129. The Morgan fingerprint density at radius 1 is 1.38 bits per heavy atom. The first-order valence-corrected chi connectivity index (χ1v) is 7.85. The molecule has 5 nitrogen and oxygen atoms in total. The van der Waals surface area contributed by atoms with Crippen molar-refractivity contribution in [3.63, 3.8) is 0 Å². The van der Waals surface area contributed by atoms with E-state index >= 15 is 0 Å². The third kappa shape index (κ3) is 9.52. The fourth-order valence-electron chi connectivity index (χ4n) is 2.31. The number of aliphatic imine (C=N–C) groups is 1. The molecule has 0 aromatic rings. The topological polar surface area (TPSA) is 46.1 Å². The van der Waals surface area contributed by atoms with E-state index in [1.165, 1.54) is 6.42 Å². The molecule has 0 spiro atoms. The fraction of sp³-hybridized carbons (Fsp3) is 0.933. The average Bonchev–Trinajstić information content (AvgIpc) is 2.94. The SMILES string of the molecule is CCCCOCCCNC(=NC)N(C)CC1CCOC1.I. The maximum atomic E-state index is 5.55. The van der Waals surface area contributed by atoms with Gasteiger partial charge in [0.2, 0.25) is 0 Å². The van der Waals surface area contributed by atoms with E-state index in [1.807, 2.05) is 7.05 Å². The van der Waals surface area contributed by atoms with Gasteiger partial charge < -0.3 is 19.7 Å². The summed E-state index contributed by atoms with van der Waals surface area (Å²) in [6.45, 7) is 7.58. The van der Waals surface area contributed by atoms with Gasteiger partial charge in [-0.25, -0.2) is 0 Å². The molecule has 126 valence electrons. The lowest BCUT2D eigenvalue weighted by Crippen LogP contribution is -2.42. The van der Waals surface area contributed by atoms with E-state index < -0.39 is 0 Å². The second-order valence-electron chi connectivity index (χ2n) is 5.40. The van der Waals surface area contributed by atoms with Crippen LogP contribution in [-0.2, 0) is 9.47 Å². The Hall–Kier alpha value is -0.0800. The molecule has 0 aromatic heterocycles. The first-order valence-electron chi connectivity index (χ1n) is 7.85. The highest BCUT2D eigenvalue weighted by Gasteiger charge is 2.18. The van der Waals surface area contributed by atoms with Crippen LogP contribution >= 0.6 is 24.0 Å². The Balaban J connectivity index is 0.00000400. The summed E-state index contributed by atoms with van der Waals surface area (Å²) in [6.07, 6.45) is 4.53. The van der Waals surface area contributed by atoms with E-state index in [-0.39, 0.29) is 24.0 Å². The zero-order chi connectivity index (χ0) is 14.6. The molecule has 1 atom stereocenters. The average molecular weight is 413 g/mol. The lowest BCUT2D eigenvalue weighted by Gasteiger charge is -2.24. The van der Waals surface area contributed by atoms with E-state index in [0.717, 1.165) is 64.7 Å². The minimum Gasteiger partial charge on any atom is -0.381 e. The van der Waals surface area contributed by atoms with Crippen molar-refractivity contribution in [1.29, 1.82) is 0 Å². The number of halogens is 1. The third-order valence-electron chi connectivity index (χ3n) is 3.52. The normalized spacial score (nSPS) is 18.4. The largest absolute Gasteiger partial charge is 0.381 e. The Bertz CT molecular complexity index is 272. The van der Waals surface area contributed by atoms with E-state index in [4.69, 9.17) is 9.47 Å². The fourth-order valence-corrected chi connectivity index (χ4v) is 2.31. The summed E-state index contributed by atoms with van der Waals surface area (Å²) in [6, 6.07) is 0. The monoisotopic (exact) mass is 413 g/mol. The van der Waals surface area contributed by atoms with Crippen molar-refractivity contribution < 1.29 is 9.47 Å². The van der Waals surface area contributed by atoms with Gasteiger partial charge in [0, 0.05) is 52.9 Å². The van der Waals surface area contributed by atoms with E-state index in [0.29, 0.717) is 5.92 Å². The van der Waals surface area contributed by atoms with Crippen molar-refractivity contribution in [2.45, 2.75) is 32.6 Å². The molecule has 1 saturated heterocycles. The molecular weight excluding hydrogens is 381 g/mol. The summed E-state index contributed by atoms with van der Waals surface area (Å²) in [4.78, 5) is 6.52. The molecule has 0 amide bonds. The zero-order valence-corrected chi connectivity index (χ0v) is 16.1. The van der Waals surface area contributed by atoms with Crippen LogP contribution in [0.15, 0.2) is 4.99 Å². The van der Waals surface area contributed by atoms with Crippen LogP contribution < -0.4 is 5.32 Å². The van der Waals surface area contributed by atoms with Gasteiger partial charge in [0.05, 0.1) is 6.61 Å². The molecule has 0 aromatic carbocycles. The molecule has 21 heavy (non-hydrogen) atoms. The van der Waals surface area contributed by atoms with Gasteiger partial charge >= 0.3 is 0 Å². The van der Waals surface area contributed by atoms with Crippen molar-refractivity contribution in [3.05, 3.63) is 0 Å². The predicted octanol–water partition coefficient (Wildman–Crippen LogP) is 2.35. The minimum atomic E-state index is 0. The molecule has 6 heteroatoms. The minimum absolute atomic E-state index is 0. The van der Waals surface area contributed by atoms with Gasteiger partial charge in [-0.3, -0.25) is 4.99 Å². The van der Waals surface area contributed by atoms with Crippen LogP contribution in [0.25, 0.3) is 0 Å². The molecule has 1 rings (SSSR count). The van der Waals surface area contributed by atoms with Crippen LogP contribution in [-0.4, -0.2) is 64.5 Å². The number of hydrogen-bond acceptors (Lipinski definition) is 3. The van der Waals surface area contributed by atoms with E-state index in [1.54, 1.807) is 0 Å². The van der Waals surface area contributed by atoms with Crippen molar-refractivity contribution in [3.8, 4) is 0 Å². The lowest BCUT2D eigenvalue weighted by atomic mass is 10.1. The summed E-state index contributed by atoms with van der Waals surface area (Å²) in [5, 5.41) is 3.39. The quantitative estimate of drug-likeness (QED) is 0.273. The van der Waals surface area contributed by atoms with Gasteiger partial charge in [0.25, 0.3) is 0 Å².